The van der Waals surface area contributed by atoms with Gasteiger partial charge in [-0.25, -0.2) is 0 Å². The standard InChI is InChI=1S/C25H28OS/c1-16-17(2)19(4)24(20(5)18(16)3)15-27-13-12-25(26)23-11-10-21-8-6-7-9-22(21)14-23/h6-11,14H,12-13,15H2,1-5H3. The average Bonchev–Trinajstić information content (AvgIpc) is 2.69. The Balaban J connectivity index is 1.62. The second-order valence-corrected chi connectivity index (χ2v) is 8.50. The van der Waals surface area contributed by atoms with Crippen molar-refractivity contribution >= 4 is 28.3 Å². The minimum Gasteiger partial charge on any atom is -0.294 e. The maximum Gasteiger partial charge on any atom is 0.163 e. The minimum absolute atomic E-state index is 0.234. The Hall–Kier alpha value is -2.06. The summed E-state index contributed by atoms with van der Waals surface area (Å²) in [7, 11) is 0. The van der Waals surface area contributed by atoms with Gasteiger partial charge in [-0.1, -0.05) is 36.4 Å². The summed E-state index contributed by atoms with van der Waals surface area (Å²) in [6, 6.07) is 14.2. The van der Waals surface area contributed by atoms with Crippen LogP contribution in [0.1, 0.15) is 50.2 Å². The molecule has 27 heavy (non-hydrogen) atoms. The van der Waals surface area contributed by atoms with Gasteiger partial charge in [0.15, 0.2) is 5.78 Å². The van der Waals surface area contributed by atoms with Crippen molar-refractivity contribution in [3.8, 4) is 0 Å². The lowest BCUT2D eigenvalue weighted by Gasteiger charge is -2.18. The smallest absolute Gasteiger partial charge is 0.163 e. The molecule has 3 aromatic rings. The Labute approximate surface area is 167 Å². The summed E-state index contributed by atoms with van der Waals surface area (Å²) in [5.74, 6) is 2.07. The maximum absolute atomic E-state index is 12.6. The Bertz CT molecular complexity index is 972. The highest BCUT2D eigenvalue weighted by Gasteiger charge is 2.13. The molecule has 0 aliphatic heterocycles. The van der Waals surface area contributed by atoms with Gasteiger partial charge in [-0.3, -0.25) is 4.79 Å². The average molecular weight is 377 g/mol. The fraction of sp³-hybridized carbons (Fsp3) is 0.320. The zero-order valence-electron chi connectivity index (χ0n) is 17.0. The van der Waals surface area contributed by atoms with Crippen molar-refractivity contribution in [2.24, 2.45) is 0 Å². The Morgan fingerprint density at radius 2 is 1.37 bits per heavy atom. The molecule has 1 nitrogen and oxygen atoms in total. The minimum atomic E-state index is 0.234. The van der Waals surface area contributed by atoms with Crippen LogP contribution >= 0.6 is 11.8 Å². The first-order valence-electron chi connectivity index (χ1n) is 9.55. The maximum atomic E-state index is 12.6. The monoisotopic (exact) mass is 376 g/mol. The van der Waals surface area contributed by atoms with E-state index >= 15 is 0 Å². The molecular weight excluding hydrogens is 348 g/mol. The first-order valence-corrected chi connectivity index (χ1v) is 10.7. The molecule has 0 aliphatic carbocycles. The van der Waals surface area contributed by atoms with Gasteiger partial charge in [-0.05, 0) is 84.8 Å². The van der Waals surface area contributed by atoms with Crippen molar-refractivity contribution in [3.05, 3.63) is 81.4 Å². The molecule has 0 fully saturated rings. The quantitative estimate of drug-likeness (QED) is 0.344. The molecule has 0 radical (unpaired) electrons. The molecule has 0 aliphatic rings. The summed E-state index contributed by atoms with van der Waals surface area (Å²) in [6.45, 7) is 11.1. The topological polar surface area (TPSA) is 17.1 Å². The molecule has 0 N–H and O–H groups in total. The number of ketones is 1. The number of rotatable bonds is 6. The second kappa shape index (κ2) is 8.31. The normalized spacial score (nSPS) is 11.1. The lowest BCUT2D eigenvalue weighted by Crippen LogP contribution is -2.03. The van der Waals surface area contributed by atoms with Crippen molar-refractivity contribution in [3.63, 3.8) is 0 Å². The van der Waals surface area contributed by atoms with Gasteiger partial charge in [0.2, 0.25) is 0 Å². The molecule has 140 valence electrons. The summed E-state index contributed by atoms with van der Waals surface area (Å²) in [4.78, 5) is 12.6. The van der Waals surface area contributed by atoms with Gasteiger partial charge >= 0.3 is 0 Å². The third-order valence-electron chi connectivity index (χ3n) is 5.95. The number of carbonyl (C=O) groups is 1. The Morgan fingerprint density at radius 3 is 2.04 bits per heavy atom. The molecule has 0 heterocycles. The van der Waals surface area contributed by atoms with Crippen molar-refractivity contribution in [2.45, 2.75) is 46.8 Å². The molecule has 0 aromatic heterocycles. The van der Waals surface area contributed by atoms with Gasteiger partial charge in [0.05, 0.1) is 0 Å². The van der Waals surface area contributed by atoms with Gasteiger partial charge in [-0.15, -0.1) is 0 Å². The van der Waals surface area contributed by atoms with Gasteiger partial charge in [0, 0.05) is 23.5 Å². The molecule has 0 atom stereocenters. The first-order chi connectivity index (χ1) is 12.9. The highest BCUT2D eigenvalue weighted by Crippen LogP contribution is 2.29. The molecule has 0 unspecified atom stereocenters. The van der Waals surface area contributed by atoms with Crippen LogP contribution in [0.5, 0.6) is 0 Å². The number of carbonyl (C=O) groups excluding carboxylic acids is 1. The van der Waals surface area contributed by atoms with Crippen LogP contribution in [0, 0.1) is 34.6 Å². The molecule has 0 amide bonds. The van der Waals surface area contributed by atoms with E-state index in [4.69, 9.17) is 0 Å². The number of thioether (sulfide) groups is 1. The van der Waals surface area contributed by atoms with E-state index in [9.17, 15) is 4.79 Å². The first kappa shape index (κ1) is 19.7. The highest BCUT2D eigenvalue weighted by molar-refractivity contribution is 7.98. The summed E-state index contributed by atoms with van der Waals surface area (Å²) in [5.41, 5.74) is 9.29. The van der Waals surface area contributed by atoms with Crippen LogP contribution in [-0.4, -0.2) is 11.5 Å². The number of fused-ring (bicyclic) bond motifs is 1. The van der Waals surface area contributed by atoms with Crippen LogP contribution in [0.15, 0.2) is 42.5 Å². The van der Waals surface area contributed by atoms with E-state index < -0.39 is 0 Å². The van der Waals surface area contributed by atoms with Crippen LogP contribution in [0.2, 0.25) is 0 Å². The van der Waals surface area contributed by atoms with Crippen molar-refractivity contribution in [2.75, 3.05) is 5.75 Å². The molecule has 2 heteroatoms. The van der Waals surface area contributed by atoms with Crippen LogP contribution in [0.4, 0.5) is 0 Å². The number of benzene rings is 3. The van der Waals surface area contributed by atoms with Crippen molar-refractivity contribution < 1.29 is 4.79 Å². The molecule has 0 saturated heterocycles. The van der Waals surface area contributed by atoms with Gasteiger partial charge in [0.25, 0.3) is 0 Å². The van der Waals surface area contributed by atoms with Gasteiger partial charge < -0.3 is 0 Å². The Kier molecular flexibility index (Phi) is 6.06. The lowest BCUT2D eigenvalue weighted by atomic mass is 9.90. The van der Waals surface area contributed by atoms with E-state index in [-0.39, 0.29) is 5.78 Å². The summed E-state index contributed by atoms with van der Waals surface area (Å²) in [5, 5.41) is 2.31. The van der Waals surface area contributed by atoms with Gasteiger partial charge in [-0.2, -0.15) is 11.8 Å². The van der Waals surface area contributed by atoms with E-state index in [0.717, 1.165) is 22.5 Å². The van der Waals surface area contributed by atoms with Crippen molar-refractivity contribution in [1.82, 2.24) is 0 Å². The highest BCUT2D eigenvalue weighted by atomic mass is 32.2. The number of hydrogen-bond donors (Lipinski definition) is 0. The molecular formula is C25H28OS. The van der Waals surface area contributed by atoms with E-state index in [0.29, 0.717) is 6.42 Å². The van der Waals surface area contributed by atoms with Crippen LogP contribution in [0.25, 0.3) is 10.8 Å². The van der Waals surface area contributed by atoms with E-state index in [1.807, 2.05) is 42.1 Å². The van der Waals surface area contributed by atoms with Crippen LogP contribution < -0.4 is 0 Å². The van der Waals surface area contributed by atoms with Gasteiger partial charge in [0.1, 0.15) is 0 Å². The van der Waals surface area contributed by atoms with E-state index in [1.54, 1.807) is 0 Å². The SMILES string of the molecule is Cc1c(C)c(C)c(CSCCC(=O)c2ccc3ccccc3c2)c(C)c1C. The molecule has 3 rings (SSSR count). The fourth-order valence-corrected chi connectivity index (χ4v) is 4.75. The number of hydrogen-bond acceptors (Lipinski definition) is 2. The van der Waals surface area contributed by atoms with E-state index in [1.165, 1.54) is 38.8 Å². The Morgan fingerprint density at radius 1 is 0.778 bits per heavy atom. The number of Topliss-reactive ketones (excluding diaryl/α,β-unsaturated/α-hetero) is 1. The predicted octanol–water partition coefficient (Wildman–Crippen LogP) is 6.89. The summed E-state index contributed by atoms with van der Waals surface area (Å²) < 4.78 is 0. The fourth-order valence-electron chi connectivity index (χ4n) is 3.64. The van der Waals surface area contributed by atoms with Crippen LogP contribution in [0.3, 0.4) is 0 Å². The third-order valence-corrected chi connectivity index (χ3v) is 6.93. The summed E-state index contributed by atoms with van der Waals surface area (Å²) >= 11 is 1.86. The lowest BCUT2D eigenvalue weighted by molar-refractivity contribution is 0.0989. The zero-order chi connectivity index (χ0) is 19.6. The molecule has 0 saturated carbocycles. The third kappa shape index (κ3) is 4.11. The van der Waals surface area contributed by atoms with Crippen LogP contribution in [-0.2, 0) is 5.75 Å². The largest absolute Gasteiger partial charge is 0.294 e. The molecule has 0 spiro atoms. The predicted molar refractivity (Wildman–Crippen MR) is 119 cm³/mol. The molecule has 3 aromatic carbocycles. The van der Waals surface area contributed by atoms with E-state index in [2.05, 4.69) is 46.8 Å². The van der Waals surface area contributed by atoms with Crippen molar-refractivity contribution in [1.29, 1.82) is 0 Å². The second-order valence-electron chi connectivity index (χ2n) is 7.39. The zero-order valence-corrected chi connectivity index (χ0v) is 17.8. The molecule has 0 bridgehead atoms. The summed E-state index contributed by atoms with van der Waals surface area (Å²) in [6.07, 6.45) is 0.588.